The minimum atomic E-state index is -0.669. The number of amides is 3. The van der Waals surface area contributed by atoms with E-state index in [1.165, 1.54) is 18.2 Å². The second-order valence-electron chi connectivity index (χ2n) is 15.4. The lowest BCUT2D eigenvalue weighted by molar-refractivity contribution is -0.136. The van der Waals surface area contributed by atoms with Gasteiger partial charge in [0.2, 0.25) is 11.8 Å². The van der Waals surface area contributed by atoms with Crippen LogP contribution in [0.25, 0.3) is 16.6 Å². The molecule has 3 aromatic rings. The third kappa shape index (κ3) is 6.66. The van der Waals surface area contributed by atoms with Crippen LogP contribution in [0.1, 0.15) is 115 Å². The molecule has 50 heavy (non-hydrogen) atoms. The molecule has 6 rings (SSSR count). The molecular formula is C38H54N8O4. The van der Waals surface area contributed by atoms with Crippen LogP contribution in [0.4, 0.5) is 4.79 Å². The minimum absolute atomic E-state index is 0.00635. The fourth-order valence-corrected chi connectivity index (χ4v) is 8.00. The molecule has 12 nitrogen and oxygen atoms in total. The number of aryl methyl sites for hydroxylation is 1. The molecule has 5 atom stereocenters. The third-order valence-electron chi connectivity index (χ3n) is 11.4. The van der Waals surface area contributed by atoms with Crippen molar-refractivity contribution in [3.63, 3.8) is 0 Å². The highest BCUT2D eigenvalue weighted by molar-refractivity contribution is 5.87. The minimum Gasteiger partial charge on any atom is -0.453 e. The van der Waals surface area contributed by atoms with Crippen molar-refractivity contribution in [2.75, 3.05) is 20.2 Å². The summed E-state index contributed by atoms with van der Waals surface area (Å²) in [7, 11) is 3.33. The Labute approximate surface area is 295 Å². The molecule has 4 heterocycles. The van der Waals surface area contributed by atoms with Gasteiger partial charge in [-0.1, -0.05) is 46.8 Å². The maximum Gasteiger partial charge on any atom is 0.407 e. The van der Waals surface area contributed by atoms with E-state index in [4.69, 9.17) is 20.4 Å². The number of fused-ring (bicyclic) bond motifs is 1. The topological polar surface area (TPSA) is 151 Å². The van der Waals surface area contributed by atoms with Crippen molar-refractivity contribution < 1.29 is 19.1 Å². The van der Waals surface area contributed by atoms with Gasteiger partial charge in [0.05, 0.1) is 48.2 Å². The molecule has 2 aromatic heterocycles. The summed E-state index contributed by atoms with van der Waals surface area (Å²) < 4.78 is 6.91. The molecule has 1 aliphatic carbocycles. The number of allylic oxidation sites excluding steroid dienone is 2. The monoisotopic (exact) mass is 686 g/mol. The molecule has 2 aliphatic heterocycles. The predicted molar refractivity (Wildman–Crippen MR) is 193 cm³/mol. The molecule has 2 saturated heterocycles. The number of carbonyl (C=O) groups excluding carboxylic acids is 3. The summed E-state index contributed by atoms with van der Waals surface area (Å²) in [6, 6.07) is 5.20. The Morgan fingerprint density at radius 2 is 1.74 bits per heavy atom. The van der Waals surface area contributed by atoms with Crippen LogP contribution in [0.15, 0.2) is 30.5 Å². The molecule has 3 amide bonds. The van der Waals surface area contributed by atoms with Crippen molar-refractivity contribution in [1.29, 1.82) is 0 Å². The van der Waals surface area contributed by atoms with E-state index in [1.54, 1.807) is 0 Å². The van der Waals surface area contributed by atoms with Gasteiger partial charge in [-0.25, -0.2) is 14.8 Å². The molecule has 0 spiro atoms. The molecule has 4 N–H and O–H groups in total. The largest absolute Gasteiger partial charge is 0.453 e. The number of rotatable bonds is 9. The Kier molecular flexibility index (Phi) is 10.1. The van der Waals surface area contributed by atoms with Crippen LogP contribution in [-0.2, 0) is 26.8 Å². The maximum absolute atomic E-state index is 13.7. The van der Waals surface area contributed by atoms with Gasteiger partial charge in [0, 0.05) is 20.1 Å². The van der Waals surface area contributed by atoms with E-state index < -0.39 is 18.2 Å². The summed E-state index contributed by atoms with van der Waals surface area (Å²) >= 11 is 0. The van der Waals surface area contributed by atoms with Gasteiger partial charge in [-0.15, -0.1) is 0 Å². The summed E-state index contributed by atoms with van der Waals surface area (Å²) in [6.45, 7) is 11.5. The number of aromatic nitrogens is 4. The lowest BCUT2D eigenvalue weighted by Crippen LogP contribution is -2.51. The van der Waals surface area contributed by atoms with Crippen molar-refractivity contribution in [2.45, 2.75) is 109 Å². The first-order chi connectivity index (χ1) is 23.8. The van der Waals surface area contributed by atoms with Crippen LogP contribution in [0.5, 0.6) is 0 Å². The number of nitrogens with zero attached hydrogens (tertiary/aromatic N) is 5. The number of H-pyrrole nitrogens is 1. The lowest BCUT2D eigenvalue weighted by Gasteiger charge is -2.33. The SMILES string of the molecule is COC(=O)N[C@H](C(=O)N1CCC[C@H]1c1nc2cc(C3(C)CC=C(c4cnc([C@@H]5CCCN5C(=O)[C@@H](N)C(C)C)[nH]4)CC3)ccc2n1C)C(C)C. The van der Waals surface area contributed by atoms with E-state index in [9.17, 15) is 14.4 Å². The molecule has 1 unspecified atom stereocenters. The highest BCUT2D eigenvalue weighted by Gasteiger charge is 2.39. The Morgan fingerprint density at radius 1 is 1.04 bits per heavy atom. The summed E-state index contributed by atoms with van der Waals surface area (Å²) in [5, 5.41) is 2.74. The number of likely N-dealkylation sites (tertiary alicyclic amines) is 2. The van der Waals surface area contributed by atoms with Crippen molar-refractivity contribution in [3.8, 4) is 0 Å². The molecule has 0 saturated carbocycles. The van der Waals surface area contributed by atoms with E-state index in [-0.39, 0.29) is 41.1 Å². The van der Waals surface area contributed by atoms with E-state index in [0.29, 0.717) is 13.1 Å². The molecule has 0 bridgehead atoms. The zero-order chi connectivity index (χ0) is 35.9. The average molecular weight is 687 g/mol. The normalized spacial score (nSPS) is 23.8. The standard InChI is InChI=1S/C38H54N8O4/c1-22(2)31(39)35(47)45-18-8-10-29(45)33-40-21-27(41-33)24-14-16-38(5,17-15-24)25-12-13-28-26(20-25)42-34(44(28)6)30-11-9-19-46(30)36(48)32(23(3)4)43-37(49)50-7/h12-14,20-23,29-32H,8-11,15-19,39H2,1-7H3,(H,40,41)(H,43,49)/t29-,30-,31-,32-,38?/m0/s1. The number of methoxy groups -OCH3 is 1. The molecule has 3 aliphatic rings. The van der Waals surface area contributed by atoms with Crippen molar-refractivity contribution >= 4 is 34.5 Å². The number of benzene rings is 1. The van der Waals surface area contributed by atoms with Gasteiger partial charge >= 0.3 is 6.09 Å². The van der Waals surface area contributed by atoms with Gasteiger partial charge < -0.3 is 35.1 Å². The third-order valence-corrected chi connectivity index (χ3v) is 11.4. The van der Waals surface area contributed by atoms with Gasteiger partial charge in [0.25, 0.3) is 0 Å². The van der Waals surface area contributed by atoms with Gasteiger partial charge in [0.1, 0.15) is 17.7 Å². The van der Waals surface area contributed by atoms with Crippen molar-refractivity contribution in [1.82, 2.24) is 34.6 Å². The van der Waals surface area contributed by atoms with E-state index >= 15 is 0 Å². The van der Waals surface area contributed by atoms with Crippen molar-refractivity contribution in [2.24, 2.45) is 24.6 Å². The Bertz CT molecular complexity index is 1770. The number of carbonyl (C=O) groups is 3. The van der Waals surface area contributed by atoms with Crippen LogP contribution in [0.3, 0.4) is 0 Å². The first kappa shape index (κ1) is 35.6. The van der Waals surface area contributed by atoms with Gasteiger partial charge in [-0.2, -0.15) is 0 Å². The molecule has 12 heteroatoms. The van der Waals surface area contributed by atoms with Gasteiger partial charge in [-0.3, -0.25) is 9.59 Å². The molecule has 0 radical (unpaired) electrons. The first-order valence-corrected chi connectivity index (χ1v) is 18.2. The molecule has 270 valence electrons. The van der Waals surface area contributed by atoms with Gasteiger partial charge in [-0.05, 0) is 85.5 Å². The number of imidazole rings is 2. The second kappa shape index (κ2) is 14.2. The quantitative estimate of drug-likeness (QED) is 0.268. The Balaban J connectivity index is 1.18. The summed E-state index contributed by atoms with van der Waals surface area (Å²) in [4.78, 5) is 56.1. The second-order valence-corrected chi connectivity index (χ2v) is 15.4. The van der Waals surface area contributed by atoms with Crippen LogP contribution in [0, 0.1) is 11.8 Å². The van der Waals surface area contributed by atoms with E-state index in [2.05, 4.69) is 46.1 Å². The van der Waals surface area contributed by atoms with E-state index in [0.717, 1.165) is 73.3 Å². The zero-order valence-corrected chi connectivity index (χ0v) is 30.7. The van der Waals surface area contributed by atoms with Crippen LogP contribution < -0.4 is 11.1 Å². The predicted octanol–water partition coefficient (Wildman–Crippen LogP) is 5.51. The fourth-order valence-electron chi connectivity index (χ4n) is 8.00. The highest BCUT2D eigenvalue weighted by Crippen LogP contribution is 2.43. The number of nitrogens with two attached hydrogens (primary N) is 1. The molecule has 1 aromatic carbocycles. The van der Waals surface area contributed by atoms with Crippen molar-refractivity contribution in [3.05, 3.63) is 53.4 Å². The molecular weight excluding hydrogens is 632 g/mol. The highest BCUT2D eigenvalue weighted by atomic mass is 16.5. The number of aromatic amines is 1. The van der Waals surface area contributed by atoms with Crippen LogP contribution in [0.2, 0.25) is 0 Å². The number of hydrogen-bond donors (Lipinski definition) is 3. The number of alkyl carbamates (subject to hydrolysis) is 1. The number of nitrogens with one attached hydrogen (secondary N) is 2. The smallest absolute Gasteiger partial charge is 0.407 e. The maximum atomic E-state index is 13.7. The Hall–Kier alpha value is -4.19. The number of ether oxygens (including phenoxy) is 1. The fraction of sp³-hybridized carbons (Fsp3) is 0.605. The summed E-state index contributed by atoms with van der Waals surface area (Å²) in [5.41, 5.74) is 11.7. The Morgan fingerprint density at radius 3 is 2.38 bits per heavy atom. The van der Waals surface area contributed by atoms with E-state index in [1.807, 2.05) is 50.7 Å². The lowest BCUT2D eigenvalue weighted by atomic mass is 9.71. The summed E-state index contributed by atoms with van der Waals surface area (Å²) in [5.74, 6) is 1.61. The zero-order valence-electron chi connectivity index (χ0n) is 30.7. The first-order valence-electron chi connectivity index (χ1n) is 18.2. The van der Waals surface area contributed by atoms with Crippen LogP contribution >= 0.6 is 0 Å². The van der Waals surface area contributed by atoms with Crippen LogP contribution in [-0.4, -0.2) is 79.5 Å². The average Bonchev–Trinajstić information content (AvgIpc) is 3.92. The summed E-state index contributed by atoms with van der Waals surface area (Å²) in [6.07, 6.45) is 9.94. The number of hydrogen-bond acceptors (Lipinski definition) is 7. The van der Waals surface area contributed by atoms with Gasteiger partial charge in [0.15, 0.2) is 0 Å². The molecule has 2 fully saturated rings.